The Morgan fingerprint density at radius 2 is 1.83 bits per heavy atom. The molecule has 0 aliphatic carbocycles. The lowest BCUT2D eigenvalue weighted by atomic mass is 10.2. The first-order valence-corrected chi connectivity index (χ1v) is 8.72. The molecule has 0 fully saturated rings. The first-order valence-electron chi connectivity index (χ1n) is 7.53. The van der Waals surface area contributed by atoms with E-state index >= 15 is 0 Å². The molecule has 0 spiro atoms. The summed E-state index contributed by atoms with van der Waals surface area (Å²) in [7, 11) is 4.00. The molecule has 0 aliphatic heterocycles. The van der Waals surface area contributed by atoms with Crippen LogP contribution in [0.15, 0.2) is 48.5 Å². The van der Waals surface area contributed by atoms with Crippen LogP contribution in [0.25, 0.3) is 10.1 Å². The zero-order valence-electron chi connectivity index (χ0n) is 13.5. The van der Waals surface area contributed by atoms with Crippen LogP contribution < -0.4 is 15.8 Å². The van der Waals surface area contributed by atoms with Gasteiger partial charge < -0.3 is 4.90 Å². The predicted octanol–water partition coefficient (Wildman–Crippen LogP) is 4.06. The van der Waals surface area contributed by atoms with E-state index in [4.69, 9.17) is 11.6 Å². The van der Waals surface area contributed by atoms with Gasteiger partial charge in [-0.15, -0.1) is 11.3 Å². The predicted molar refractivity (Wildman–Crippen MR) is 102 cm³/mol. The van der Waals surface area contributed by atoms with Gasteiger partial charge in [0.05, 0.1) is 5.02 Å². The molecule has 0 radical (unpaired) electrons. The van der Waals surface area contributed by atoms with Crippen molar-refractivity contribution in [1.29, 1.82) is 0 Å². The fourth-order valence-corrected chi connectivity index (χ4v) is 3.77. The Labute approximate surface area is 150 Å². The Hall–Kier alpha value is -2.08. The van der Waals surface area contributed by atoms with E-state index in [0.29, 0.717) is 16.4 Å². The zero-order chi connectivity index (χ0) is 17.1. The van der Waals surface area contributed by atoms with E-state index < -0.39 is 0 Å². The second kappa shape index (κ2) is 7.21. The van der Waals surface area contributed by atoms with Gasteiger partial charge in [0.25, 0.3) is 5.91 Å². The smallest absolute Gasteiger partial charge is 0.277 e. The number of halogens is 1. The van der Waals surface area contributed by atoms with Crippen molar-refractivity contribution >= 4 is 44.6 Å². The van der Waals surface area contributed by atoms with Crippen molar-refractivity contribution in [2.24, 2.45) is 0 Å². The average Bonchev–Trinajstić information content (AvgIpc) is 2.93. The van der Waals surface area contributed by atoms with E-state index in [9.17, 15) is 4.79 Å². The minimum absolute atomic E-state index is 0.217. The minimum Gasteiger partial charge on any atom is -0.378 e. The summed E-state index contributed by atoms with van der Waals surface area (Å²) in [5, 5.41) is 1.42. The van der Waals surface area contributed by atoms with Crippen molar-refractivity contribution < 1.29 is 4.79 Å². The molecule has 0 unspecified atom stereocenters. The molecule has 2 N–H and O–H groups in total. The summed E-state index contributed by atoms with van der Waals surface area (Å²) >= 11 is 7.71. The highest BCUT2D eigenvalue weighted by atomic mass is 35.5. The van der Waals surface area contributed by atoms with Crippen molar-refractivity contribution in [3.63, 3.8) is 0 Å². The van der Waals surface area contributed by atoms with Gasteiger partial charge in [-0.05, 0) is 23.8 Å². The molecule has 24 heavy (non-hydrogen) atoms. The Morgan fingerprint density at radius 1 is 1.12 bits per heavy atom. The zero-order valence-corrected chi connectivity index (χ0v) is 15.0. The monoisotopic (exact) mass is 359 g/mol. The summed E-state index contributed by atoms with van der Waals surface area (Å²) in [5.41, 5.74) is 7.89. The van der Waals surface area contributed by atoms with Gasteiger partial charge in [-0.2, -0.15) is 0 Å². The Kier molecular flexibility index (Phi) is 5.04. The molecule has 0 bridgehead atoms. The molecule has 0 saturated heterocycles. The van der Waals surface area contributed by atoms with Crippen LogP contribution in [-0.2, 0) is 6.54 Å². The van der Waals surface area contributed by atoms with Crippen LogP contribution in [0.4, 0.5) is 5.69 Å². The summed E-state index contributed by atoms with van der Waals surface area (Å²) in [4.78, 5) is 14.9. The molecule has 6 heteroatoms. The van der Waals surface area contributed by atoms with Gasteiger partial charge in [-0.3, -0.25) is 10.2 Å². The molecule has 1 aromatic heterocycles. The maximum Gasteiger partial charge on any atom is 0.277 e. The van der Waals surface area contributed by atoms with Crippen molar-refractivity contribution in [3.05, 3.63) is 64.0 Å². The fraction of sp³-hybridized carbons (Fsp3) is 0.167. The molecule has 2 aromatic carbocycles. The minimum atomic E-state index is -0.217. The molecule has 3 rings (SSSR count). The molecule has 3 aromatic rings. The number of fused-ring (bicyclic) bond motifs is 1. The van der Waals surface area contributed by atoms with Gasteiger partial charge in [0.1, 0.15) is 4.88 Å². The van der Waals surface area contributed by atoms with Crippen LogP contribution in [0.1, 0.15) is 15.2 Å². The van der Waals surface area contributed by atoms with Gasteiger partial charge in [0.2, 0.25) is 0 Å². The third-order valence-corrected chi connectivity index (χ3v) is 5.36. The number of thiophene rings is 1. The second-order valence-electron chi connectivity index (χ2n) is 5.61. The highest BCUT2D eigenvalue weighted by Gasteiger charge is 2.16. The molecule has 4 nitrogen and oxygen atoms in total. The number of hydrogen-bond donors (Lipinski definition) is 2. The summed E-state index contributed by atoms with van der Waals surface area (Å²) in [5.74, 6) is -0.217. The molecule has 124 valence electrons. The number of hydrazine groups is 1. The molecule has 1 amide bonds. The second-order valence-corrected chi connectivity index (χ2v) is 7.04. The third kappa shape index (κ3) is 3.53. The highest BCUT2D eigenvalue weighted by Crippen LogP contribution is 2.34. The number of hydrogen-bond acceptors (Lipinski definition) is 4. The summed E-state index contributed by atoms with van der Waals surface area (Å²) in [6.07, 6.45) is 0. The standard InChI is InChI=1S/C18H18ClN3OS/c1-22(2)13-9-7-12(8-10-13)11-20-21-18(23)17-16(19)14-5-3-4-6-15(14)24-17/h3-10,20H,11H2,1-2H3,(H,21,23). The molecular weight excluding hydrogens is 342 g/mol. The number of rotatable bonds is 5. The number of amides is 1. The van der Waals surface area contributed by atoms with E-state index in [1.54, 1.807) is 0 Å². The van der Waals surface area contributed by atoms with Crippen LogP contribution in [0.5, 0.6) is 0 Å². The summed E-state index contributed by atoms with van der Waals surface area (Å²) in [6.45, 7) is 0.544. The van der Waals surface area contributed by atoms with E-state index in [2.05, 4.69) is 10.9 Å². The largest absolute Gasteiger partial charge is 0.378 e. The topological polar surface area (TPSA) is 44.4 Å². The summed E-state index contributed by atoms with van der Waals surface area (Å²) in [6, 6.07) is 15.9. The fourth-order valence-electron chi connectivity index (χ4n) is 2.36. The number of nitrogens with one attached hydrogen (secondary N) is 2. The molecule has 0 saturated carbocycles. The van der Waals surface area contributed by atoms with Gasteiger partial charge in [0, 0.05) is 36.4 Å². The van der Waals surface area contributed by atoms with Crippen molar-refractivity contribution in [2.75, 3.05) is 19.0 Å². The first kappa shape index (κ1) is 16.8. The maximum absolute atomic E-state index is 12.3. The molecule has 1 heterocycles. The Bertz CT molecular complexity index is 858. The molecular formula is C18H18ClN3OS. The quantitative estimate of drug-likeness (QED) is 0.675. The summed E-state index contributed by atoms with van der Waals surface area (Å²) < 4.78 is 1.01. The number of nitrogens with zero attached hydrogens (tertiary/aromatic N) is 1. The van der Waals surface area contributed by atoms with Crippen LogP contribution in [-0.4, -0.2) is 20.0 Å². The number of carbonyl (C=O) groups excluding carboxylic acids is 1. The SMILES string of the molecule is CN(C)c1ccc(CNNC(=O)c2sc3ccccc3c2Cl)cc1. The first-order chi connectivity index (χ1) is 11.6. The van der Waals surface area contributed by atoms with Crippen molar-refractivity contribution in [3.8, 4) is 0 Å². The normalized spacial score (nSPS) is 10.8. The lowest BCUT2D eigenvalue weighted by molar-refractivity contribution is 0.0936. The van der Waals surface area contributed by atoms with Crippen LogP contribution in [0.3, 0.4) is 0 Å². The van der Waals surface area contributed by atoms with Crippen molar-refractivity contribution in [2.45, 2.75) is 6.54 Å². The Morgan fingerprint density at radius 3 is 2.50 bits per heavy atom. The van der Waals surface area contributed by atoms with Crippen molar-refractivity contribution in [1.82, 2.24) is 10.9 Å². The van der Waals surface area contributed by atoms with Gasteiger partial charge in [-0.25, -0.2) is 5.43 Å². The van der Waals surface area contributed by atoms with E-state index in [0.717, 1.165) is 21.3 Å². The average molecular weight is 360 g/mol. The highest BCUT2D eigenvalue weighted by molar-refractivity contribution is 7.21. The molecule has 0 atom stereocenters. The van der Waals surface area contributed by atoms with E-state index in [1.807, 2.05) is 67.5 Å². The van der Waals surface area contributed by atoms with Crippen LogP contribution >= 0.6 is 22.9 Å². The molecule has 0 aliphatic rings. The number of benzene rings is 2. The van der Waals surface area contributed by atoms with Crippen LogP contribution in [0, 0.1) is 0 Å². The maximum atomic E-state index is 12.3. The van der Waals surface area contributed by atoms with Gasteiger partial charge in [0.15, 0.2) is 0 Å². The number of carbonyl (C=O) groups is 1. The Balaban J connectivity index is 1.61. The van der Waals surface area contributed by atoms with Crippen LogP contribution in [0.2, 0.25) is 5.02 Å². The van der Waals surface area contributed by atoms with Gasteiger partial charge in [-0.1, -0.05) is 41.9 Å². The number of anilines is 1. The van der Waals surface area contributed by atoms with E-state index in [-0.39, 0.29) is 5.91 Å². The lowest BCUT2D eigenvalue weighted by Crippen LogP contribution is -2.36. The lowest BCUT2D eigenvalue weighted by Gasteiger charge is -2.13. The van der Waals surface area contributed by atoms with Gasteiger partial charge >= 0.3 is 0 Å². The third-order valence-electron chi connectivity index (χ3n) is 3.69. The van der Waals surface area contributed by atoms with E-state index in [1.165, 1.54) is 11.3 Å².